The van der Waals surface area contributed by atoms with Crippen LogP contribution in [0.1, 0.15) is 27.2 Å². The zero-order chi connectivity index (χ0) is 22.5. The highest BCUT2D eigenvalue weighted by molar-refractivity contribution is 6.31. The molecule has 0 spiro atoms. The fourth-order valence-electron chi connectivity index (χ4n) is 3.23. The number of carbonyl (C=O) groups excluding carboxylic acids is 1. The second-order valence-corrected chi connectivity index (χ2v) is 8.16. The number of amides is 1. The first kappa shape index (κ1) is 21.9. The summed E-state index contributed by atoms with van der Waals surface area (Å²) in [6.07, 6.45) is 0. The monoisotopic (exact) mass is 465 g/mol. The van der Waals surface area contributed by atoms with E-state index in [1.54, 1.807) is 24.3 Å². The molecule has 3 aromatic carbocycles. The zero-order valence-electron chi connectivity index (χ0n) is 17.4. The van der Waals surface area contributed by atoms with Gasteiger partial charge in [-0.25, -0.2) is 0 Å². The smallest absolute Gasteiger partial charge is 0.256 e. The van der Waals surface area contributed by atoms with E-state index in [0.29, 0.717) is 40.3 Å². The molecule has 162 valence electrons. The molecule has 0 aliphatic heterocycles. The normalized spacial score (nSPS) is 10.7. The van der Waals surface area contributed by atoms with Gasteiger partial charge < -0.3 is 10.1 Å². The van der Waals surface area contributed by atoms with Gasteiger partial charge in [-0.1, -0.05) is 59.6 Å². The van der Waals surface area contributed by atoms with Crippen molar-refractivity contribution in [2.75, 3.05) is 5.32 Å². The molecule has 4 rings (SSSR count). The number of hydrogen-bond donors (Lipinski definition) is 1. The van der Waals surface area contributed by atoms with Crippen molar-refractivity contribution in [3.63, 3.8) is 0 Å². The minimum atomic E-state index is -0.239. The first-order valence-electron chi connectivity index (χ1n) is 10.0. The van der Waals surface area contributed by atoms with Crippen molar-refractivity contribution in [1.29, 1.82) is 0 Å². The summed E-state index contributed by atoms with van der Waals surface area (Å²) >= 11 is 12.2. The molecule has 4 aromatic rings. The predicted molar refractivity (Wildman–Crippen MR) is 128 cm³/mol. The van der Waals surface area contributed by atoms with Crippen molar-refractivity contribution < 1.29 is 9.53 Å². The van der Waals surface area contributed by atoms with Gasteiger partial charge in [-0.05, 0) is 54.4 Å². The molecular formula is C25H21Cl2N3O2. The molecule has 1 amide bonds. The number of hydrogen-bond acceptors (Lipinski definition) is 3. The topological polar surface area (TPSA) is 56.1 Å². The fourth-order valence-corrected chi connectivity index (χ4v) is 3.61. The summed E-state index contributed by atoms with van der Waals surface area (Å²) in [7, 11) is 0. The maximum absolute atomic E-state index is 12.8. The van der Waals surface area contributed by atoms with Crippen LogP contribution < -0.4 is 10.1 Å². The Morgan fingerprint density at radius 2 is 1.81 bits per heavy atom. The lowest BCUT2D eigenvalue weighted by Crippen LogP contribution is -2.13. The summed E-state index contributed by atoms with van der Waals surface area (Å²) in [5.41, 5.74) is 3.28. The highest BCUT2D eigenvalue weighted by Gasteiger charge is 2.12. The van der Waals surface area contributed by atoms with Crippen molar-refractivity contribution in [2.24, 2.45) is 0 Å². The van der Waals surface area contributed by atoms with Crippen LogP contribution in [0.4, 0.5) is 5.82 Å². The molecule has 5 nitrogen and oxygen atoms in total. The molecule has 1 aromatic heterocycles. The summed E-state index contributed by atoms with van der Waals surface area (Å²) in [4.78, 5) is 12.8. The van der Waals surface area contributed by atoms with E-state index >= 15 is 0 Å². The number of aromatic nitrogens is 2. The Balaban J connectivity index is 1.42. The molecule has 1 heterocycles. The van der Waals surface area contributed by atoms with Crippen LogP contribution >= 0.6 is 23.2 Å². The number of anilines is 1. The molecule has 0 saturated carbocycles. The molecule has 0 bridgehead atoms. The minimum Gasteiger partial charge on any atom is -0.489 e. The van der Waals surface area contributed by atoms with Crippen molar-refractivity contribution in [1.82, 2.24) is 9.78 Å². The van der Waals surface area contributed by atoms with Crippen LogP contribution in [0.25, 0.3) is 0 Å². The molecule has 1 N–H and O–H groups in total. The molecule has 0 fully saturated rings. The number of benzene rings is 3. The van der Waals surface area contributed by atoms with Crippen LogP contribution in [0.3, 0.4) is 0 Å². The van der Waals surface area contributed by atoms with Gasteiger partial charge in [-0.3, -0.25) is 9.48 Å². The van der Waals surface area contributed by atoms with Gasteiger partial charge in [0.05, 0.1) is 6.54 Å². The summed E-state index contributed by atoms with van der Waals surface area (Å²) in [6.45, 7) is 2.79. The highest BCUT2D eigenvalue weighted by atomic mass is 35.5. The fraction of sp³-hybridized carbons (Fsp3) is 0.120. The van der Waals surface area contributed by atoms with E-state index in [9.17, 15) is 4.79 Å². The Hall–Kier alpha value is -3.28. The van der Waals surface area contributed by atoms with Crippen molar-refractivity contribution >= 4 is 34.9 Å². The van der Waals surface area contributed by atoms with Gasteiger partial charge in [0, 0.05) is 27.4 Å². The van der Waals surface area contributed by atoms with Gasteiger partial charge in [0.15, 0.2) is 5.82 Å². The standard InChI is InChI=1S/C25H21Cl2N3O2/c1-17-12-24(29-30(17)15-20-7-2-3-11-23(20)27)28-25(31)19-8-4-6-18(13-19)16-32-22-10-5-9-21(26)14-22/h2-14H,15-16H2,1H3,(H,28,29,31). The Morgan fingerprint density at radius 1 is 1.00 bits per heavy atom. The van der Waals surface area contributed by atoms with Crippen LogP contribution in [0.15, 0.2) is 78.9 Å². The zero-order valence-corrected chi connectivity index (χ0v) is 18.9. The lowest BCUT2D eigenvalue weighted by molar-refractivity contribution is 0.102. The second kappa shape index (κ2) is 9.90. The number of aryl methyl sites for hydroxylation is 1. The summed E-state index contributed by atoms with van der Waals surface area (Å²) < 4.78 is 7.58. The molecule has 0 atom stereocenters. The average Bonchev–Trinajstić information content (AvgIpc) is 3.12. The summed E-state index contributed by atoms with van der Waals surface area (Å²) in [5.74, 6) is 0.920. The van der Waals surface area contributed by atoms with E-state index in [1.165, 1.54) is 0 Å². The van der Waals surface area contributed by atoms with E-state index in [2.05, 4.69) is 10.4 Å². The lowest BCUT2D eigenvalue weighted by Gasteiger charge is -2.08. The number of ether oxygens (including phenoxy) is 1. The van der Waals surface area contributed by atoms with Gasteiger partial charge >= 0.3 is 0 Å². The summed E-state index contributed by atoms with van der Waals surface area (Å²) in [5, 5.41) is 8.67. The van der Waals surface area contributed by atoms with Crippen molar-refractivity contribution in [3.8, 4) is 5.75 Å². The predicted octanol–water partition coefficient (Wildman–Crippen LogP) is 6.38. The number of rotatable bonds is 7. The van der Waals surface area contributed by atoms with Gasteiger partial charge in [-0.2, -0.15) is 5.10 Å². The van der Waals surface area contributed by atoms with E-state index in [-0.39, 0.29) is 5.91 Å². The largest absolute Gasteiger partial charge is 0.489 e. The van der Waals surface area contributed by atoms with Gasteiger partial charge in [0.25, 0.3) is 5.91 Å². The van der Waals surface area contributed by atoms with Crippen LogP contribution in [-0.2, 0) is 13.2 Å². The molecular weight excluding hydrogens is 445 g/mol. The van der Waals surface area contributed by atoms with Crippen LogP contribution in [-0.4, -0.2) is 15.7 Å². The molecule has 0 unspecified atom stereocenters. The van der Waals surface area contributed by atoms with Crippen LogP contribution in [0.5, 0.6) is 5.75 Å². The molecule has 0 saturated heterocycles. The molecule has 0 aliphatic rings. The first-order valence-corrected chi connectivity index (χ1v) is 10.8. The Labute approximate surface area is 196 Å². The SMILES string of the molecule is Cc1cc(NC(=O)c2cccc(COc3cccc(Cl)c3)c2)nn1Cc1ccccc1Cl. The maximum atomic E-state index is 12.8. The molecule has 0 radical (unpaired) electrons. The maximum Gasteiger partial charge on any atom is 0.256 e. The van der Waals surface area contributed by atoms with E-state index < -0.39 is 0 Å². The highest BCUT2D eigenvalue weighted by Crippen LogP contribution is 2.20. The Kier molecular flexibility index (Phi) is 6.78. The molecule has 7 heteroatoms. The second-order valence-electron chi connectivity index (χ2n) is 7.32. The van der Waals surface area contributed by atoms with Gasteiger partial charge in [0.2, 0.25) is 0 Å². The van der Waals surface area contributed by atoms with Gasteiger partial charge in [-0.15, -0.1) is 0 Å². The van der Waals surface area contributed by atoms with Crippen LogP contribution in [0, 0.1) is 6.92 Å². The van der Waals surface area contributed by atoms with Gasteiger partial charge in [0.1, 0.15) is 12.4 Å². The number of halogens is 2. The third-order valence-electron chi connectivity index (χ3n) is 4.89. The molecule has 0 aliphatic carbocycles. The van der Waals surface area contributed by atoms with E-state index in [1.807, 2.05) is 66.2 Å². The van der Waals surface area contributed by atoms with E-state index in [0.717, 1.165) is 16.8 Å². The third-order valence-corrected chi connectivity index (χ3v) is 5.50. The number of carbonyl (C=O) groups is 1. The first-order chi connectivity index (χ1) is 15.5. The Morgan fingerprint density at radius 3 is 2.62 bits per heavy atom. The minimum absolute atomic E-state index is 0.239. The van der Waals surface area contributed by atoms with Crippen LogP contribution in [0.2, 0.25) is 10.0 Å². The number of nitrogens with zero attached hydrogens (tertiary/aromatic N) is 2. The number of nitrogens with one attached hydrogen (secondary N) is 1. The van der Waals surface area contributed by atoms with E-state index in [4.69, 9.17) is 27.9 Å². The Bertz CT molecular complexity index is 1250. The third kappa shape index (κ3) is 5.49. The lowest BCUT2D eigenvalue weighted by atomic mass is 10.1. The molecule has 32 heavy (non-hydrogen) atoms. The van der Waals surface area contributed by atoms with Crippen molar-refractivity contribution in [2.45, 2.75) is 20.1 Å². The summed E-state index contributed by atoms with van der Waals surface area (Å²) in [6, 6.07) is 24.0. The average molecular weight is 466 g/mol. The van der Waals surface area contributed by atoms with Crippen molar-refractivity contribution in [3.05, 3.63) is 111 Å². The quantitative estimate of drug-likeness (QED) is 0.344.